The van der Waals surface area contributed by atoms with Crippen LogP contribution < -0.4 is 10.1 Å². The van der Waals surface area contributed by atoms with Crippen molar-refractivity contribution in [3.63, 3.8) is 0 Å². The molecule has 1 heterocycles. The van der Waals surface area contributed by atoms with Gasteiger partial charge < -0.3 is 4.74 Å². The van der Waals surface area contributed by atoms with Gasteiger partial charge in [0, 0.05) is 4.88 Å². The molecule has 1 aromatic carbocycles. The zero-order valence-electron chi connectivity index (χ0n) is 11.8. The molecule has 1 amide bonds. The van der Waals surface area contributed by atoms with Crippen molar-refractivity contribution in [3.05, 3.63) is 40.4 Å². The van der Waals surface area contributed by atoms with Crippen LogP contribution in [-0.2, 0) is 11.0 Å². The highest BCUT2D eigenvalue weighted by molar-refractivity contribution is 7.15. The Kier molecular flexibility index (Phi) is 4.70. The van der Waals surface area contributed by atoms with Crippen LogP contribution in [0, 0.1) is 13.8 Å². The number of aryl methyl sites for hydroxylation is 2. The van der Waals surface area contributed by atoms with Gasteiger partial charge in [-0.15, -0.1) is 11.3 Å². The van der Waals surface area contributed by atoms with E-state index >= 15 is 0 Å². The highest BCUT2D eigenvalue weighted by Crippen LogP contribution is 2.31. The lowest BCUT2D eigenvalue weighted by Crippen LogP contribution is -2.20. The molecular formula is C14H13F3N2O2S. The first-order valence-electron chi connectivity index (χ1n) is 6.29. The fourth-order valence-electron chi connectivity index (χ4n) is 1.59. The van der Waals surface area contributed by atoms with Crippen LogP contribution in [0.25, 0.3) is 0 Å². The Bertz CT molecular complexity index is 663. The molecule has 0 aliphatic heterocycles. The number of alkyl halides is 3. The van der Waals surface area contributed by atoms with E-state index in [2.05, 4.69) is 10.3 Å². The number of hydrogen-bond donors (Lipinski definition) is 1. The molecule has 1 N–H and O–H groups in total. The van der Waals surface area contributed by atoms with Gasteiger partial charge in [-0.05, 0) is 32.0 Å². The number of benzene rings is 1. The van der Waals surface area contributed by atoms with Crippen molar-refractivity contribution in [2.75, 3.05) is 11.9 Å². The highest BCUT2D eigenvalue weighted by atomic mass is 32.1. The number of anilines is 1. The van der Waals surface area contributed by atoms with E-state index in [1.165, 1.54) is 23.5 Å². The fraction of sp³-hybridized carbons (Fsp3) is 0.286. The Morgan fingerprint density at radius 1 is 1.36 bits per heavy atom. The molecule has 0 fully saturated rings. The number of halogens is 3. The van der Waals surface area contributed by atoms with Crippen molar-refractivity contribution in [2.24, 2.45) is 0 Å². The average Bonchev–Trinajstić information content (AvgIpc) is 2.74. The minimum atomic E-state index is -4.45. The van der Waals surface area contributed by atoms with Crippen LogP contribution in [-0.4, -0.2) is 17.5 Å². The van der Waals surface area contributed by atoms with E-state index in [-0.39, 0.29) is 12.4 Å². The molecule has 1 aromatic heterocycles. The first-order chi connectivity index (χ1) is 10.3. The van der Waals surface area contributed by atoms with Gasteiger partial charge in [-0.2, -0.15) is 13.2 Å². The van der Waals surface area contributed by atoms with Crippen LogP contribution in [0.3, 0.4) is 0 Å². The van der Waals surface area contributed by atoms with Crippen molar-refractivity contribution >= 4 is 22.4 Å². The van der Waals surface area contributed by atoms with Crippen LogP contribution in [0.2, 0.25) is 0 Å². The van der Waals surface area contributed by atoms with E-state index in [1.54, 1.807) is 0 Å². The molecule has 0 unspecified atom stereocenters. The number of nitrogens with one attached hydrogen (secondary N) is 1. The van der Waals surface area contributed by atoms with Crippen LogP contribution in [0.1, 0.15) is 16.1 Å². The smallest absolute Gasteiger partial charge is 0.416 e. The fourth-order valence-corrected chi connectivity index (χ4v) is 2.42. The third-order valence-electron chi connectivity index (χ3n) is 2.81. The van der Waals surface area contributed by atoms with Crippen LogP contribution in [0.5, 0.6) is 5.75 Å². The number of ether oxygens (including phenoxy) is 1. The summed E-state index contributed by atoms with van der Waals surface area (Å²) in [5.74, 6) is -0.498. The standard InChI is InChI=1S/C14H13F3N2O2S/c1-8-9(2)22-13(18-8)19-12(20)7-21-11-5-3-4-10(6-11)14(15,16)17/h3-6H,7H2,1-2H3,(H,18,19,20). The SMILES string of the molecule is Cc1nc(NC(=O)COc2cccc(C(F)(F)F)c2)sc1C. The molecular weight excluding hydrogens is 317 g/mol. The summed E-state index contributed by atoms with van der Waals surface area (Å²) in [6.07, 6.45) is -4.45. The van der Waals surface area contributed by atoms with Gasteiger partial charge in [-0.25, -0.2) is 4.98 Å². The largest absolute Gasteiger partial charge is 0.484 e. The summed E-state index contributed by atoms with van der Waals surface area (Å²) < 4.78 is 42.7. The first-order valence-corrected chi connectivity index (χ1v) is 7.11. The third-order valence-corrected chi connectivity index (χ3v) is 3.79. The molecule has 2 aromatic rings. The number of carbonyl (C=O) groups is 1. The van der Waals surface area contributed by atoms with E-state index in [0.717, 1.165) is 22.7 Å². The molecule has 2 rings (SSSR count). The molecule has 0 radical (unpaired) electrons. The second kappa shape index (κ2) is 6.35. The molecule has 118 valence electrons. The number of rotatable bonds is 4. The van der Waals surface area contributed by atoms with Gasteiger partial charge in [0.15, 0.2) is 11.7 Å². The Balaban J connectivity index is 1.94. The van der Waals surface area contributed by atoms with Crippen LogP contribution >= 0.6 is 11.3 Å². The maximum atomic E-state index is 12.6. The van der Waals surface area contributed by atoms with Crippen molar-refractivity contribution in [3.8, 4) is 5.75 Å². The summed E-state index contributed by atoms with van der Waals surface area (Å²) in [6, 6.07) is 4.38. The zero-order chi connectivity index (χ0) is 16.3. The lowest BCUT2D eigenvalue weighted by atomic mass is 10.2. The second-order valence-corrected chi connectivity index (χ2v) is 5.73. The quantitative estimate of drug-likeness (QED) is 0.928. The summed E-state index contributed by atoms with van der Waals surface area (Å²) in [5, 5.41) is 2.98. The minimum Gasteiger partial charge on any atom is -0.484 e. The maximum absolute atomic E-state index is 12.6. The summed E-state index contributed by atoms with van der Waals surface area (Å²) in [5.41, 5.74) is -0.00400. The number of amides is 1. The van der Waals surface area contributed by atoms with Crippen molar-refractivity contribution in [1.82, 2.24) is 4.98 Å². The zero-order valence-corrected chi connectivity index (χ0v) is 12.6. The average molecular weight is 330 g/mol. The lowest BCUT2D eigenvalue weighted by molar-refractivity contribution is -0.137. The lowest BCUT2D eigenvalue weighted by Gasteiger charge is -2.09. The highest BCUT2D eigenvalue weighted by Gasteiger charge is 2.30. The van der Waals surface area contributed by atoms with Gasteiger partial charge >= 0.3 is 6.18 Å². The molecule has 0 bridgehead atoms. The third kappa shape index (κ3) is 4.20. The summed E-state index contributed by atoms with van der Waals surface area (Å²) in [7, 11) is 0. The van der Waals surface area contributed by atoms with Gasteiger partial charge in [0.2, 0.25) is 0 Å². The Labute approximate surface area is 128 Å². The summed E-state index contributed by atoms with van der Waals surface area (Å²) >= 11 is 1.32. The number of hydrogen-bond acceptors (Lipinski definition) is 4. The van der Waals surface area contributed by atoms with Crippen molar-refractivity contribution in [2.45, 2.75) is 20.0 Å². The Hall–Kier alpha value is -2.09. The van der Waals surface area contributed by atoms with Gasteiger partial charge in [-0.1, -0.05) is 6.07 Å². The van der Waals surface area contributed by atoms with E-state index in [0.29, 0.717) is 5.13 Å². The molecule has 0 spiro atoms. The minimum absolute atomic E-state index is 0.0172. The molecule has 8 heteroatoms. The van der Waals surface area contributed by atoms with Gasteiger partial charge in [0.1, 0.15) is 5.75 Å². The Morgan fingerprint density at radius 2 is 2.09 bits per heavy atom. The van der Waals surface area contributed by atoms with Gasteiger partial charge in [0.05, 0.1) is 11.3 Å². The summed E-state index contributed by atoms with van der Waals surface area (Å²) in [4.78, 5) is 16.8. The number of thiazole rings is 1. The Morgan fingerprint density at radius 3 is 2.68 bits per heavy atom. The number of aromatic nitrogens is 1. The molecule has 0 aliphatic carbocycles. The normalized spacial score (nSPS) is 11.3. The molecule has 4 nitrogen and oxygen atoms in total. The molecule has 22 heavy (non-hydrogen) atoms. The predicted octanol–water partition coefficient (Wildman–Crippen LogP) is 3.80. The van der Waals surface area contributed by atoms with E-state index in [9.17, 15) is 18.0 Å². The van der Waals surface area contributed by atoms with Gasteiger partial charge in [0.25, 0.3) is 5.91 Å². The van der Waals surface area contributed by atoms with Crippen molar-refractivity contribution < 1.29 is 22.7 Å². The number of carbonyl (C=O) groups excluding carboxylic acids is 1. The maximum Gasteiger partial charge on any atom is 0.416 e. The molecule has 0 saturated heterocycles. The van der Waals surface area contributed by atoms with Crippen molar-refractivity contribution in [1.29, 1.82) is 0 Å². The molecule has 0 saturated carbocycles. The van der Waals surface area contributed by atoms with Gasteiger partial charge in [-0.3, -0.25) is 10.1 Å². The summed E-state index contributed by atoms with van der Waals surface area (Å²) in [6.45, 7) is 3.31. The number of nitrogens with zero attached hydrogens (tertiary/aromatic N) is 1. The molecule has 0 aliphatic rings. The predicted molar refractivity (Wildman–Crippen MR) is 77.2 cm³/mol. The van der Waals surface area contributed by atoms with E-state index in [1.807, 2.05) is 13.8 Å². The van der Waals surface area contributed by atoms with Crippen LogP contribution in [0.15, 0.2) is 24.3 Å². The topological polar surface area (TPSA) is 51.2 Å². The molecule has 0 atom stereocenters. The second-order valence-electron chi connectivity index (χ2n) is 4.52. The van der Waals surface area contributed by atoms with E-state index in [4.69, 9.17) is 4.74 Å². The monoisotopic (exact) mass is 330 g/mol. The van der Waals surface area contributed by atoms with Crippen LogP contribution in [0.4, 0.5) is 18.3 Å². The van der Waals surface area contributed by atoms with E-state index < -0.39 is 17.6 Å². The first kappa shape index (κ1) is 16.3.